The fourth-order valence-electron chi connectivity index (χ4n) is 4.56. The van der Waals surface area contributed by atoms with Crippen molar-refractivity contribution in [1.29, 1.82) is 0 Å². The molecule has 4 nitrogen and oxygen atoms in total. The van der Waals surface area contributed by atoms with Crippen LogP contribution < -0.4 is 14.4 Å². The third-order valence-electron chi connectivity index (χ3n) is 6.46. The maximum atomic E-state index is 11.3. The first-order valence-corrected chi connectivity index (χ1v) is 11.1. The normalized spacial score (nSPS) is 19.1. The topological polar surface area (TPSA) is 38.8 Å². The molecule has 0 amide bonds. The van der Waals surface area contributed by atoms with Crippen molar-refractivity contribution in [2.75, 3.05) is 24.6 Å². The number of rotatable bonds is 6. The highest BCUT2D eigenvalue weighted by molar-refractivity contribution is 5.76. The fraction of sp³-hybridized carbons (Fsp3) is 0.500. The minimum atomic E-state index is 0.166. The summed E-state index contributed by atoms with van der Waals surface area (Å²) < 4.78 is 12.2. The molecule has 0 N–H and O–H groups in total. The van der Waals surface area contributed by atoms with Crippen LogP contribution in [0.1, 0.15) is 64.0 Å². The van der Waals surface area contributed by atoms with Crippen molar-refractivity contribution >= 4 is 11.5 Å². The molecule has 2 aromatic rings. The number of nitrogens with zero attached hydrogens (tertiary/aromatic N) is 1. The molecule has 1 fully saturated rings. The van der Waals surface area contributed by atoms with E-state index in [0.29, 0.717) is 6.42 Å². The van der Waals surface area contributed by atoms with Gasteiger partial charge in [-0.3, -0.25) is 0 Å². The predicted molar refractivity (Wildman–Crippen MR) is 121 cm³/mol. The Kier molecular flexibility index (Phi) is 5.77. The standard InChI is InChI=1S/C26H33NO3/c1-18(14-19(2)28)20-6-9-22(10-7-20)30-23-16-27(17-23)21-8-11-24-25(15-21)29-13-5-12-26(24,3)4/h6-11,15,18,23H,5,12-14,16-17H2,1-4H3/t18-/m1/s1. The Labute approximate surface area is 180 Å². The molecule has 0 aliphatic carbocycles. The minimum Gasteiger partial charge on any atom is -0.493 e. The molecule has 0 bridgehead atoms. The van der Waals surface area contributed by atoms with Crippen LogP contribution in [0.4, 0.5) is 5.69 Å². The molecule has 0 aromatic heterocycles. The van der Waals surface area contributed by atoms with E-state index in [1.807, 2.05) is 12.1 Å². The number of ether oxygens (including phenoxy) is 2. The summed E-state index contributed by atoms with van der Waals surface area (Å²) in [7, 11) is 0. The van der Waals surface area contributed by atoms with E-state index in [2.05, 4.69) is 56.0 Å². The van der Waals surface area contributed by atoms with Crippen molar-refractivity contribution < 1.29 is 14.3 Å². The van der Waals surface area contributed by atoms with Gasteiger partial charge in [-0.25, -0.2) is 0 Å². The van der Waals surface area contributed by atoms with Gasteiger partial charge in [-0.05, 0) is 60.4 Å². The number of fused-ring (bicyclic) bond motifs is 1. The molecule has 0 radical (unpaired) electrons. The van der Waals surface area contributed by atoms with Gasteiger partial charge in [-0.2, -0.15) is 0 Å². The smallest absolute Gasteiger partial charge is 0.133 e. The summed E-state index contributed by atoms with van der Waals surface area (Å²) in [6.45, 7) is 10.9. The number of hydrogen-bond acceptors (Lipinski definition) is 4. The molecule has 1 atom stereocenters. The molecule has 1 saturated heterocycles. The first-order valence-electron chi connectivity index (χ1n) is 11.1. The van der Waals surface area contributed by atoms with Gasteiger partial charge in [0.15, 0.2) is 0 Å². The quantitative estimate of drug-likeness (QED) is 0.635. The minimum absolute atomic E-state index is 0.166. The predicted octanol–water partition coefficient (Wildman–Crippen LogP) is 5.49. The van der Waals surface area contributed by atoms with Crippen LogP contribution in [0.3, 0.4) is 0 Å². The van der Waals surface area contributed by atoms with Crippen LogP contribution in [0.5, 0.6) is 11.5 Å². The number of ketones is 1. The Balaban J connectivity index is 1.34. The van der Waals surface area contributed by atoms with Gasteiger partial charge in [0.05, 0.1) is 19.7 Å². The van der Waals surface area contributed by atoms with E-state index in [9.17, 15) is 4.79 Å². The van der Waals surface area contributed by atoms with E-state index in [-0.39, 0.29) is 23.2 Å². The second-order valence-electron chi connectivity index (χ2n) is 9.54. The largest absolute Gasteiger partial charge is 0.493 e. The number of Topliss-reactive ketones (excluding diaryl/α,β-unsaturated/α-hetero) is 1. The van der Waals surface area contributed by atoms with Crippen molar-refractivity contribution in [3.8, 4) is 11.5 Å². The van der Waals surface area contributed by atoms with Crippen molar-refractivity contribution in [3.05, 3.63) is 53.6 Å². The van der Waals surface area contributed by atoms with Gasteiger partial charge in [0.25, 0.3) is 0 Å². The van der Waals surface area contributed by atoms with E-state index in [4.69, 9.17) is 9.47 Å². The van der Waals surface area contributed by atoms with Crippen LogP contribution in [-0.4, -0.2) is 31.6 Å². The number of benzene rings is 2. The first-order chi connectivity index (χ1) is 14.3. The lowest BCUT2D eigenvalue weighted by molar-refractivity contribution is -0.117. The van der Waals surface area contributed by atoms with Crippen molar-refractivity contribution in [2.45, 2.75) is 64.4 Å². The average Bonchev–Trinajstić information content (AvgIpc) is 2.82. The third-order valence-corrected chi connectivity index (χ3v) is 6.46. The monoisotopic (exact) mass is 407 g/mol. The maximum absolute atomic E-state index is 11.3. The average molecular weight is 408 g/mol. The summed E-state index contributed by atoms with van der Waals surface area (Å²) in [6, 6.07) is 14.8. The summed E-state index contributed by atoms with van der Waals surface area (Å²) in [6.07, 6.45) is 3.04. The van der Waals surface area contributed by atoms with E-state index in [0.717, 1.165) is 44.0 Å². The number of carbonyl (C=O) groups is 1. The number of hydrogen-bond donors (Lipinski definition) is 0. The van der Waals surface area contributed by atoms with Gasteiger partial charge in [0.2, 0.25) is 0 Å². The van der Waals surface area contributed by atoms with Gasteiger partial charge in [0.1, 0.15) is 23.4 Å². The van der Waals surface area contributed by atoms with Crippen LogP contribution >= 0.6 is 0 Å². The molecule has 4 rings (SSSR count). The van der Waals surface area contributed by atoms with Gasteiger partial charge in [-0.1, -0.05) is 39.0 Å². The van der Waals surface area contributed by atoms with Gasteiger partial charge in [0, 0.05) is 18.2 Å². The van der Waals surface area contributed by atoms with Crippen LogP contribution in [0.2, 0.25) is 0 Å². The molecule has 0 spiro atoms. The fourth-order valence-corrected chi connectivity index (χ4v) is 4.56. The lowest BCUT2D eigenvalue weighted by Crippen LogP contribution is -2.54. The van der Waals surface area contributed by atoms with Gasteiger partial charge < -0.3 is 19.2 Å². The summed E-state index contributed by atoms with van der Waals surface area (Å²) in [5.74, 6) is 2.40. The lowest BCUT2D eigenvalue weighted by Gasteiger charge is -2.41. The van der Waals surface area contributed by atoms with Gasteiger partial charge in [-0.15, -0.1) is 0 Å². The molecule has 4 heteroatoms. The van der Waals surface area contributed by atoms with E-state index >= 15 is 0 Å². The second-order valence-corrected chi connectivity index (χ2v) is 9.54. The van der Waals surface area contributed by atoms with E-state index in [1.165, 1.54) is 16.8 Å². The molecule has 0 saturated carbocycles. The van der Waals surface area contributed by atoms with Crippen molar-refractivity contribution in [2.24, 2.45) is 0 Å². The molecule has 0 unspecified atom stereocenters. The molecule has 30 heavy (non-hydrogen) atoms. The highest BCUT2D eigenvalue weighted by Gasteiger charge is 2.31. The molecule has 2 aromatic carbocycles. The van der Waals surface area contributed by atoms with Crippen molar-refractivity contribution in [3.63, 3.8) is 0 Å². The molecule has 160 valence electrons. The Bertz CT molecular complexity index is 897. The molecule has 2 aliphatic rings. The highest BCUT2D eigenvalue weighted by Crippen LogP contribution is 2.40. The maximum Gasteiger partial charge on any atom is 0.133 e. The zero-order chi connectivity index (χ0) is 21.3. The molecular formula is C26H33NO3. The van der Waals surface area contributed by atoms with Crippen molar-refractivity contribution in [1.82, 2.24) is 0 Å². The first kappa shape index (κ1) is 20.8. The summed E-state index contributed by atoms with van der Waals surface area (Å²) in [5, 5.41) is 0. The third kappa shape index (κ3) is 4.48. The van der Waals surface area contributed by atoms with E-state index < -0.39 is 0 Å². The summed E-state index contributed by atoms with van der Waals surface area (Å²) in [4.78, 5) is 13.7. The Hall–Kier alpha value is -2.49. The van der Waals surface area contributed by atoms with E-state index in [1.54, 1.807) is 6.92 Å². The Morgan fingerprint density at radius 1 is 1.20 bits per heavy atom. The summed E-state index contributed by atoms with van der Waals surface area (Å²) >= 11 is 0. The van der Waals surface area contributed by atoms with Crippen LogP contribution in [0.25, 0.3) is 0 Å². The van der Waals surface area contributed by atoms with Gasteiger partial charge >= 0.3 is 0 Å². The van der Waals surface area contributed by atoms with Crippen LogP contribution in [-0.2, 0) is 10.2 Å². The Morgan fingerprint density at radius 2 is 1.93 bits per heavy atom. The molecule has 2 aliphatic heterocycles. The molecule has 2 heterocycles. The van der Waals surface area contributed by atoms with Crippen LogP contribution in [0.15, 0.2) is 42.5 Å². The molecular weight excluding hydrogens is 374 g/mol. The summed E-state index contributed by atoms with van der Waals surface area (Å²) in [5.41, 5.74) is 3.87. The zero-order valence-corrected chi connectivity index (χ0v) is 18.6. The lowest BCUT2D eigenvalue weighted by atomic mass is 9.80. The number of anilines is 1. The second kappa shape index (κ2) is 8.33. The zero-order valence-electron chi connectivity index (χ0n) is 18.6. The van der Waals surface area contributed by atoms with Crippen LogP contribution in [0, 0.1) is 0 Å². The highest BCUT2D eigenvalue weighted by atomic mass is 16.5. The SMILES string of the molecule is CC(=O)C[C@@H](C)c1ccc(OC2CN(c3ccc4c(c3)OCCCC4(C)C)C2)cc1. The Morgan fingerprint density at radius 3 is 2.63 bits per heavy atom. The number of carbonyl (C=O) groups excluding carboxylic acids is 1.